The molecule has 0 aliphatic heterocycles. The normalized spacial score (nSPS) is 14.2. The van der Waals surface area contributed by atoms with E-state index in [9.17, 15) is 13.2 Å². The van der Waals surface area contributed by atoms with Crippen molar-refractivity contribution in [1.82, 2.24) is 4.90 Å². The van der Waals surface area contributed by atoms with Gasteiger partial charge in [0.25, 0.3) is 10.0 Å². The van der Waals surface area contributed by atoms with E-state index in [1.807, 2.05) is 5.38 Å². The lowest BCUT2D eigenvalue weighted by Gasteiger charge is -2.17. The summed E-state index contributed by atoms with van der Waals surface area (Å²) in [6.45, 7) is 2.25. The SMILES string of the molecule is Cc1c(Cl)cccc1S(=O)(=O)Nc1cscc1CCN(C)C(=O)CC1CC1. The van der Waals surface area contributed by atoms with Crippen LogP contribution in [0.25, 0.3) is 0 Å². The molecular weight excluding hydrogens is 404 g/mol. The van der Waals surface area contributed by atoms with Crippen LogP contribution in [0.1, 0.15) is 30.4 Å². The number of carbonyl (C=O) groups excluding carboxylic acids is 1. The van der Waals surface area contributed by atoms with Crippen molar-refractivity contribution in [2.45, 2.75) is 37.5 Å². The molecule has 5 nitrogen and oxygen atoms in total. The molecule has 1 amide bonds. The van der Waals surface area contributed by atoms with E-state index in [1.165, 1.54) is 11.3 Å². The number of thiophene rings is 1. The molecule has 1 aliphatic carbocycles. The number of hydrogen-bond acceptors (Lipinski definition) is 4. The second kappa shape index (κ2) is 8.20. The van der Waals surface area contributed by atoms with Gasteiger partial charge in [0.15, 0.2) is 0 Å². The molecule has 0 unspecified atom stereocenters. The van der Waals surface area contributed by atoms with Gasteiger partial charge in [-0.15, -0.1) is 11.3 Å². The molecule has 0 bridgehead atoms. The molecule has 8 heteroatoms. The van der Waals surface area contributed by atoms with Gasteiger partial charge < -0.3 is 4.90 Å². The highest BCUT2D eigenvalue weighted by atomic mass is 35.5. The maximum Gasteiger partial charge on any atom is 0.262 e. The number of anilines is 1. The van der Waals surface area contributed by atoms with Gasteiger partial charge in [-0.3, -0.25) is 9.52 Å². The van der Waals surface area contributed by atoms with Crippen LogP contribution >= 0.6 is 22.9 Å². The van der Waals surface area contributed by atoms with Crippen molar-refractivity contribution in [3.8, 4) is 0 Å². The van der Waals surface area contributed by atoms with Gasteiger partial charge >= 0.3 is 0 Å². The molecule has 1 aromatic carbocycles. The molecule has 1 N–H and O–H groups in total. The predicted molar refractivity (Wildman–Crippen MR) is 110 cm³/mol. The molecule has 1 heterocycles. The first-order valence-electron chi connectivity index (χ1n) is 8.85. The Hall–Kier alpha value is -1.57. The number of nitrogens with one attached hydrogen (secondary N) is 1. The van der Waals surface area contributed by atoms with Gasteiger partial charge in [0.2, 0.25) is 5.91 Å². The Morgan fingerprint density at radius 3 is 2.78 bits per heavy atom. The van der Waals surface area contributed by atoms with Gasteiger partial charge in [0.05, 0.1) is 10.6 Å². The zero-order valence-corrected chi connectivity index (χ0v) is 17.8. The third kappa shape index (κ3) is 5.03. The zero-order chi connectivity index (χ0) is 19.6. The standard InChI is InChI=1S/C19H23ClN2O3S2/c1-13-16(20)4-3-5-18(13)27(24,25)21-17-12-26-11-15(17)8-9-22(2)19(23)10-14-6-7-14/h3-5,11-12,14,21H,6-10H2,1-2H3. The number of amides is 1. The number of halogens is 1. The molecule has 1 saturated carbocycles. The van der Waals surface area contributed by atoms with Gasteiger partial charge in [-0.2, -0.15) is 0 Å². The molecule has 0 radical (unpaired) electrons. The number of benzene rings is 1. The predicted octanol–water partition coefficient (Wildman–Crippen LogP) is 4.31. The van der Waals surface area contributed by atoms with Crippen LogP contribution in [0.4, 0.5) is 5.69 Å². The van der Waals surface area contributed by atoms with Crippen LogP contribution in [-0.4, -0.2) is 32.8 Å². The summed E-state index contributed by atoms with van der Waals surface area (Å²) in [5.41, 5.74) is 1.96. The first-order valence-corrected chi connectivity index (χ1v) is 11.7. The van der Waals surface area contributed by atoms with Gasteiger partial charge in [-0.1, -0.05) is 17.7 Å². The third-order valence-electron chi connectivity index (χ3n) is 4.80. The summed E-state index contributed by atoms with van der Waals surface area (Å²) in [5.74, 6) is 0.716. The molecule has 1 aromatic heterocycles. The highest BCUT2D eigenvalue weighted by Crippen LogP contribution is 2.33. The van der Waals surface area contributed by atoms with Gasteiger partial charge in [-0.25, -0.2) is 8.42 Å². The molecule has 0 atom stereocenters. The highest BCUT2D eigenvalue weighted by molar-refractivity contribution is 7.92. The number of likely N-dealkylation sites (N-methyl/N-ethyl adjacent to an activating group) is 1. The van der Waals surface area contributed by atoms with Crippen LogP contribution in [0.5, 0.6) is 0 Å². The van der Waals surface area contributed by atoms with Crippen molar-refractivity contribution in [3.63, 3.8) is 0 Å². The molecule has 1 fully saturated rings. The van der Waals surface area contributed by atoms with Crippen molar-refractivity contribution in [2.75, 3.05) is 18.3 Å². The lowest BCUT2D eigenvalue weighted by atomic mass is 10.2. The molecule has 2 aromatic rings. The topological polar surface area (TPSA) is 66.5 Å². The minimum absolute atomic E-state index is 0.157. The Labute approximate surface area is 169 Å². The average Bonchev–Trinajstić information content (AvgIpc) is 3.32. The number of rotatable bonds is 8. The molecule has 0 spiro atoms. The summed E-state index contributed by atoms with van der Waals surface area (Å²) < 4.78 is 28.2. The van der Waals surface area contributed by atoms with Crippen molar-refractivity contribution in [1.29, 1.82) is 0 Å². The van der Waals surface area contributed by atoms with E-state index in [-0.39, 0.29) is 10.8 Å². The second-order valence-electron chi connectivity index (χ2n) is 6.99. The van der Waals surface area contributed by atoms with E-state index >= 15 is 0 Å². The molecule has 0 saturated heterocycles. The Morgan fingerprint density at radius 2 is 2.07 bits per heavy atom. The molecule has 3 rings (SSSR count). The van der Waals surface area contributed by atoms with Crippen molar-refractivity contribution in [3.05, 3.63) is 45.1 Å². The number of sulfonamides is 1. The number of nitrogens with zero attached hydrogens (tertiary/aromatic N) is 1. The molecule has 146 valence electrons. The molecular formula is C19H23ClN2O3S2. The van der Waals surface area contributed by atoms with E-state index in [0.29, 0.717) is 41.6 Å². The maximum absolute atomic E-state index is 12.8. The third-order valence-corrected chi connectivity index (χ3v) is 7.51. The summed E-state index contributed by atoms with van der Waals surface area (Å²) in [6.07, 6.45) is 3.52. The Balaban J connectivity index is 1.67. The van der Waals surface area contributed by atoms with Crippen LogP contribution < -0.4 is 4.72 Å². The minimum Gasteiger partial charge on any atom is -0.345 e. The van der Waals surface area contributed by atoms with Crippen LogP contribution in [0, 0.1) is 12.8 Å². The lowest BCUT2D eigenvalue weighted by Crippen LogP contribution is -2.29. The average molecular weight is 427 g/mol. The largest absolute Gasteiger partial charge is 0.345 e. The molecule has 1 aliphatic rings. The van der Waals surface area contributed by atoms with Gasteiger partial charge in [0, 0.05) is 30.4 Å². The zero-order valence-electron chi connectivity index (χ0n) is 15.4. The Bertz CT molecular complexity index is 936. The van der Waals surface area contributed by atoms with Crippen LogP contribution in [-0.2, 0) is 21.2 Å². The van der Waals surface area contributed by atoms with Crippen molar-refractivity contribution < 1.29 is 13.2 Å². The quantitative estimate of drug-likeness (QED) is 0.683. The first-order chi connectivity index (χ1) is 12.8. The summed E-state index contributed by atoms with van der Waals surface area (Å²) in [4.78, 5) is 14.0. The van der Waals surface area contributed by atoms with E-state index < -0.39 is 10.0 Å². The van der Waals surface area contributed by atoms with Crippen LogP contribution in [0.3, 0.4) is 0 Å². The maximum atomic E-state index is 12.8. The second-order valence-corrected chi connectivity index (χ2v) is 9.79. The number of carbonyl (C=O) groups is 1. The monoisotopic (exact) mass is 426 g/mol. The lowest BCUT2D eigenvalue weighted by molar-refractivity contribution is -0.130. The van der Waals surface area contributed by atoms with Gasteiger partial charge in [0.1, 0.15) is 0 Å². The minimum atomic E-state index is -3.73. The fourth-order valence-corrected chi connectivity index (χ4v) is 5.31. The summed E-state index contributed by atoms with van der Waals surface area (Å²) in [5, 5.41) is 4.11. The van der Waals surface area contributed by atoms with E-state index in [2.05, 4.69) is 4.72 Å². The van der Waals surface area contributed by atoms with Crippen LogP contribution in [0.2, 0.25) is 5.02 Å². The summed E-state index contributed by atoms with van der Waals surface area (Å²) >= 11 is 7.49. The molecule has 27 heavy (non-hydrogen) atoms. The highest BCUT2D eigenvalue weighted by Gasteiger charge is 2.26. The van der Waals surface area contributed by atoms with Gasteiger partial charge in [-0.05, 0) is 60.7 Å². The van der Waals surface area contributed by atoms with E-state index in [1.54, 1.807) is 42.5 Å². The van der Waals surface area contributed by atoms with Crippen LogP contribution in [0.15, 0.2) is 33.9 Å². The Morgan fingerprint density at radius 1 is 1.33 bits per heavy atom. The first kappa shape index (κ1) is 20.2. The Kier molecular flexibility index (Phi) is 6.13. The smallest absolute Gasteiger partial charge is 0.262 e. The fourth-order valence-electron chi connectivity index (χ4n) is 2.82. The fraction of sp³-hybridized carbons (Fsp3) is 0.421. The van der Waals surface area contributed by atoms with E-state index in [4.69, 9.17) is 11.6 Å². The summed E-state index contributed by atoms with van der Waals surface area (Å²) in [6, 6.07) is 4.83. The summed E-state index contributed by atoms with van der Waals surface area (Å²) in [7, 11) is -1.93. The van der Waals surface area contributed by atoms with E-state index in [0.717, 1.165) is 18.4 Å². The number of hydrogen-bond donors (Lipinski definition) is 1. The van der Waals surface area contributed by atoms with Crippen molar-refractivity contribution in [2.24, 2.45) is 5.92 Å². The van der Waals surface area contributed by atoms with Crippen molar-refractivity contribution >= 4 is 44.6 Å².